The molecule has 22 heavy (non-hydrogen) atoms. The van der Waals surface area contributed by atoms with Crippen LogP contribution in [0.4, 0.5) is 0 Å². The zero-order chi connectivity index (χ0) is 15.2. The largest absolute Gasteiger partial charge is 0.312 e. The lowest BCUT2D eigenvalue weighted by Crippen LogP contribution is -2.25. The third-order valence-electron chi connectivity index (χ3n) is 4.42. The van der Waals surface area contributed by atoms with Gasteiger partial charge < -0.3 is 5.32 Å². The van der Waals surface area contributed by atoms with Gasteiger partial charge in [-0.05, 0) is 18.8 Å². The van der Waals surface area contributed by atoms with Crippen LogP contribution in [0, 0.1) is 5.92 Å². The van der Waals surface area contributed by atoms with Crippen molar-refractivity contribution in [1.82, 2.24) is 20.1 Å². The lowest BCUT2D eigenvalue weighted by atomic mass is 9.98. The van der Waals surface area contributed by atoms with E-state index in [1.807, 2.05) is 10.1 Å². The third kappa shape index (κ3) is 2.59. The monoisotopic (exact) mass is 338 g/mol. The molecule has 4 rings (SSSR count). The Morgan fingerprint density at radius 2 is 2.36 bits per heavy atom. The maximum atomic E-state index is 11.7. The first-order valence-electron chi connectivity index (χ1n) is 7.53. The summed E-state index contributed by atoms with van der Waals surface area (Å²) in [6.07, 6.45) is 4.24. The summed E-state index contributed by atoms with van der Waals surface area (Å²) in [5, 5.41) is 11.0. The van der Waals surface area contributed by atoms with Gasteiger partial charge in [-0.25, -0.2) is 18.1 Å². The zero-order valence-electron chi connectivity index (χ0n) is 12.2. The van der Waals surface area contributed by atoms with E-state index in [0.717, 1.165) is 43.2 Å². The van der Waals surface area contributed by atoms with Crippen LogP contribution in [-0.2, 0) is 29.2 Å². The van der Waals surface area contributed by atoms with Crippen LogP contribution in [0.15, 0.2) is 11.6 Å². The second-order valence-corrected chi connectivity index (χ2v) is 9.10. The Balaban J connectivity index is 1.68. The van der Waals surface area contributed by atoms with E-state index in [1.54, 1.807) is 17.5 Å². The highest BCUT2D eigenvalue weighted by molar-refractivity contribution is 7.91. The first-order valence-corrected chi connectivity index (χ1v) is 10.2. The van der Waals surface area contributed by atoms with E-state index in [-0.39, 0.29) is 5.92 Å². The molecule has 2 aliphatic rings. The minimum Gasteiger partial charge on any atom is -0.312 e. The van der Waals surface area contributed by atoms with Crippen molar-refractivity contribution in [3.8, 4) is 5.13 Å². The Kier molecular flexibility index (Phi) is 3.54. The van der Waals surface area contributed by atoms with Gasteiger partial charge in [-0.1, -0.05) is 0 Å². The van der Waals surface area contributed by atoms with E-state index in [1.165, 1.54) is 11.3 Å². The minimum atomic E-state index is -2.83. The van der Waals surface area contributed by atoms with Crippen molar-refractivity contribution in [2.45, 2.75) is 25.8 Å². The molecule has 0 radical (unpaired) electrons. The maximum Gasteiger partial charge on any atom is 0.210 e. The number of nitrogens with zero attached hydrogens (tertiary/aromatic N) is 3. The van der Waals surface area contributed by atoms with Crippen LogP contribution >= 0.6 is 11.3 Å². The van der Waals surface area contributed by atoms with E-state index < -0.39 is 9.84 Å². The van der Waals surface area contributed by atoms with Crippen LogP contribution < -0.4 is 5.32 Å². The number of hydrogen-bond donors (Lipinski definition) is 1. The number of sulfone groups is 1. The molecule has 1 N–H and O–H groups in total. The van der Waals surface area contributed by atoms with Gasteiger partial charge in [0.1, 0.15) is 0 Å². The molecule has 1 saturated heterocycles. The highest BCUT2D eigenvalue weighted by Crippen LogP contribution is 2.28. The van der Waals surface area contributed by atoms with Gasteiger partial charge in [-0.3, -0.25) is 0 Å². The molecule has 0 saturated carbocycles. The highest BCUT2D eigenvalue weighted by atomic mass is 32.2. The highest BCUT2D eigenvalue weighted by Gasteiger charge is 2.31. The molecule has 0 amide bonds. The average molecular weight is 338 g/mol. The van der Waals surface area contributed by atoms with Crippen LogP contribution in [0.1, 0.15) is 23.4 Å². The fraction of sp³-hybridized carbons (Fsp3) is 0.571. The Morgan fingerprint density at radius 3 is 3.09 bits per heavy atom. The number of aromatic nitrogens is 3. The van der Waals surface area contributed by atoms with Crippen LogP contribution in [0.5, 0.6) is 0 Å². The Hall–Kier alpha value is -1.25. The van der Waals surface area contributed by atoms with Gasteiger partial charge in [0.25, 0.3) is 0 Å². The van der Waals surface area contributed by atoms with E-state index in [4.69, 9.17) is 5.10 Å². The summed E-state index contributed by atoms with van der Waals surface area (Å²) in [5.74, 6) is 0.834. The molecule has 2 aromatic heterocycles. The molecule has 2 aliphatic heterocycles. The van der Waals surface area contributed by atoms with Crippen LogP contribution in [-0.4, -0.2) is 41.2 Å². The number of rotatable bonds is 3. The maximum absolute atomic E-state index is 11.7. The van der Waals surface area contributed by atoms with Gasteiger partial charge in [0.05, 0.1) is 22.9 Å². The SMILES string of the molecule is O=S1(=O)CCC(Cc2nn(-c3nccs3)c3c2CNCC3)C1. The first-order chi connectivity index (χ1) is 10.6. The summed E-state index contributed by atoms with van der Waals surface area (Å²) in [7, 11) is -2.83. The van der Waals surface area contributed by atoms with Gasteiger partial charge >= 0.3 is 0 Å². The van der Waals surface area contributed by atoms with Crippen molar-refractivity contribution in [3.05, 3.63) is 28.5 Å². The molecular weight excluding hydrogens is 320 g/mol. The van der Waals surface area contributed by atoms with Crippen molar-refractivity contribution in [2.75, 3.05) is 18.1 Å². The van der Waals surface area contributed by atoms with Crippen LogP contribution in [0.3, 0.4) is 0 Å². The van der Waals surface area contributed by atoms with Crippen molar-refractivity contribution in [2.24, 2.45) is 5.92 Å². The number of fused-ring (bicyclic) bond motifs is 1. The first kappa shape index (κ1) is 14.3. The molecule has 2 aromatic rings. The number of hydrogen-bond acceptors (Lipinski definition) is 6. The summed E-state index contributed by atoms with van der Waals surface area (Å²) in [6.45, 7) is 1.76. The van der Waals surface area contributed by atoms with E-state index >= 15 is 0 Å². The zero-order valence-corrected chi connectivity index (χ0v) is 13.8. The van der Waals surface area contributed by atoms with Gasteiger partial charge in [-0.15, -0.1) is 11.3 Å². The van der Waals surface area contributed by atoms with Crippen LogP contribution in [0.2, 0.25) is 0 Å². The standard InChI is InChI=1S/C14H18N4O2S2/c19-22(20)6-2-10(9-22)7-12-11-8-15-3-1-13(11)18(17-12)14-16-4-5-21-14/h4-5,10,15H,1-3,6-9H2. The van der Waals surface area contributed by atoms with Gasteiger partial charge in [-0.2, -0.15) is 5.10 Å². The van der Waals surface area contributed by atoms with Crippen LogP contribution in [0.25, 0.3) is 5.13 Å². The second kappa shape index (κ2) is 5.43. The Labute approximate surface area is 133 Å². The molecule has 6 nitrogen and oxygen atoms in total. The summed E-state index contributed by atoms with van der Waals surface area (Å²) in [5.41, 5.74) is 3.51. The molecule has 0 bridgehead atoms. The molecule has 0 aliphatic carbocycles. The van der Waals surface area contributed by atoms with Gasteiger partial charge in [0, 0.05) is 36.7 Å². The van der Waals surface area contributed by atoms with E-state index in [9.17, 15) is 8.42 Å². The van der Waals surface area contributed by atoms with E-state index in [0.29, 0.717) is 11.5 Å². The Bertz CT molecular complexity index is 780. The second-order valence-electron chi connectivity index (χ2n) is 6.00. The predicted molar refractivity (Wildman–Crippen MR) is 85.1 cm³/mol. The van der Waals surface area contributed by atoms with Crippen molar-refractivity contribution < 1.29 is 8.42 Å². The molecule has 8 heteroatoms. The fourth-order valence-electron chi connectivity index (χ4n) is 3.37. The number of thiazole rings is 1. The van der Waals surface area contributed by atoms with E-state index in [2.05, 4.69) is 10.3 Å². The average Bonchev–Trinajstić information content (AvgIpc) is 3.19. The fourth-order valence-corrected chi connectivity index (χ4v) is 5.84. The Morgan fingerprint density at radius 1 is 1.45 bits per heavy atom. The molecule has 1 fully saturated rings. The summed E-state index contributed by atoms with van der Waals surface area (Å²) in [6, 6.07) is 0. The number of nitrogens with one attached hydrogen (secondary N) is 1. The topological polar surface area (TPSA) is 76.9 Å². The molecule has 0 aromatic carbocycles. The van der Waals surface area contributed by atoms with Crippen molar-refractivity contribution in [1.29, 1.82) is 0 Å². The van der Waals surface area contributed by atoms with Gasteiger partial charge in [0.15, 0.2) is 9.84 Å². The smallest absolute Gasteiger partial charge is 0.210 e. The molecular formula is C14H18N4O2S2. The molecule has 4 heterocycles. The van der Waals surface area contributed by atoms with Crippen molar-refractivity contribution in [3.63, 3.8) is 0 Å². The summed E-state index contributed by atoms with van der Waals surface area (Å²) < 4.78 is 25.3. The lowest BCUT2D eigenvalue weighted by Gasteiger charge is -2.15. The predicted octanol–water partition coefficient (Wildman–Crippen LogP) is 0.952. The van der Waals surface area contributed by atoms with Gasteiger partial charge in [0.2, 0.25) is 5.13 Å². The molecule has 118 valence electrons. The molecule has 0 spiro atoms. The third-order valence-corrected chi connectivity index (χ3v) is 7.01. The lowest BCUT2D eigenvalue weighted by molar-refractivity contribution is 0.569. The molecule has 1 atom stereocenters. The molecule has 1 unspecified atom stereocenters. The minimum absolute atomic E-state index is 0.204. The van der Waals surface area contributed by atoms with Crippen molar-refractivity contribution >= 4 is 21.2 Å². The summed E-state index contributed by atoms with van der Waals surface area (Å²) in [4.78, 5) is 4.37. The summed E-state index contributed by atoms with van der Waals surface area (Å²) >= 11 is 1.58. The normalized spacial score (nSPS) is 23.5. The quantitative estimate of drug-likeness (QED) is 0.902.